The first kappa shape index (κ1) is 8.01. The van der Waals surface area contributed by atoms with Crippen LogP contribution in [0.15, 0.2) is 22.7 Å². The minimum Gasteiger partial charge on any atom is -0.365 e. The Kier molecular flexibility index (Phi) is 2.02. The summed E-state index contributed by atoms with van der Waals surface area (Å²) in [5, 5.41) is 3.99. The van der Waals surface area contributed by atoms with Crippen LogP contribution in [0.5, 0.6) is 0 Å². The summed E-state index contributed by atoms with van der Waals surface area (Å²) in [7, 11) is 1.88. The van der Waals surface area contributed by atoms with Gasteiger partial charge in [-0.25, -0.2) is 4.98 Å². The monoisotopic (exact) mass is 242 g/mol. The normalized spacial score (nSPS) is 10.5. The highest BCUT2D eigenvalue weighted by molar-refractivity contribution is 9.10. The number of benzene rings is 1. The van der Waals surface area contributed by atoms with E-state index in [4.69, 9.17) is 0 Å². The van der Waals surface area contributed by atoms with Crippen molar-refractivity contribution in [2.24, 2.45) is 0 Å². The van der Waals surface area contributed by atoms with Gasteiger partial charge >= 0.3 is 0 Å². The van der Waals surface area contributed by atoms with Crippen LogP contribution in [0, 0.1) is 0 Å². The summed E-state index contributed by atoms with van der Waals surface area (Å²) in [6.45, 7) is 0. The molecule has 2 nitrogen and oxygen atoms in total. The van der Waals surface area contributed by atoms with Crippen molar-refractivity contribution in [1.82, 2.24) is 4.98 Å². The minimum atomic E-state index is 0.961. The van der Waals surface area contributed by atoms with Crippen molar-refractivity contribution in [3.63, 3.8) is 0 Å². The fourth-order valence-corrected chi connectivity index (χ4v) is 2.16. The largest absolute Gasteiger partial charge is 0.365 e. The third-order valence-electron chi connectivity index (χ3n) is 1.56. The SMILES string of the molecule is CNc1nc2cc(Br)ccc2s1. The topological polar surface area (TPSA) is 24.9 Å². The molecule has 0 radical (unpaired) electrons. The first-order valence-corrected chi connectivity index (χ1v) is 5.14. The Labute approximate surface area is 82.8 Å². The third kappa shape index (κ3) is 1.32. The maximum atomic E-state index is 4.37. The van der Waals surface area contributed by atoms with Gasteiger partial charge < -0.3 is 5.32 Å². The molecule has 1 aromatic heterocycles. The summed E-state index contributed by atoms with van der Waals surface area (Å²) in [5.74, 6) is 0. The van der Waals surface area contributed by atoms with Crippen LogP contribution in [-0.2, 0) is 0 Å². The molecule has 2 rings (SSSR count). The van der Waals surface area contributed by atoms with Crippen molar-refractivity contribution < 1.29 is 0 Å². The van der Waals surface area contributed by atoms with Crippen molar-refractivity contribution in [1.29, 1.82) is 0 Å². The second-order valence-corrected chi connectivity index (χ2v) is 4.33. The second kappa shape index (κ2) is 3.03. The van der Waals surface area contributed by atoms with Crippen molar-refractivity contribution in [2.75, 3.05) is 12.4 Å². The molecule has 2 aromatic rings. The van der Waals surface area contributed by atoms with Gasteiger partial charge in [-0.2, -0.15) is 0 Å². The second-order valence-electron chi connectivity index (χ2n) is 2.38. The molecule has 4 heteroatoms. The van der Waals surface area contributed by atoms with Crippen molar-refractivity contribution >= 4 is 42.6 Å². The van der Waals surface area contributed by atoms with Crippen LogP contribution in [0.3, 0.4) is 0 Å². The zero-order valence-corrected chi connectivity index (χ0v) is 8.87. The minimum absolute atomic E-state index is 0.961. The van der Waals surface area contributed by atoms with Gasteiger partial charge in [-0.15, -0.1) is 0 Å². The molecular formula is C8H7BrN2S. The van der Waals surface area contributed by atoms with Crippen molar-refractivity contribution in [2.45, 2.75) is 0 Å². The van der Waals surface area contributed by atoms with E-state index in [0.29, 0.717) is 0 Å². The average Bonchev–Trinajstić information content (AvgIpc) is 2.46. The van der Waals surface area contributed by atoms with E-state index in [9.17, 15) is 0 Å². The summed E-state index contributed by atoms with van der Waals surface area (Å²) < 4.78 is 2.28. The van der Waals surface area contributed by atoms with E-state index in [1.165, 1.54) is 4.70 Å². The van der Waals surface area contributed by atoms with Crippen LogP contribution in [0.25, 0.3) is 10.2 Å². The fraction of sp³-hybridized carbons (Fsp3) is 0.125. The Hall–Kier alpha value is -0.610. The molecule has 0 amide bonds. The fourth-order valence-electron chi connectivity index (χ4n) is 1.01. The molecule has 0 atom stereocenters. The molecule has 0 aliphatic heterocycles. The summed E-state index contributed by atoms with van der Waals surface area (Å²) in [6.07, 6.45) is 0. The van der Waals surface area contributed by atoms with E-state index in [-0.39, 0.29) is 0 Å². The lowest BCUT2D eigenvalue weighted by molar-refractivity contribution is 1.41. The smallest absolute Gasteiger partial charge is 0.183 e. The van der Waals surface area contributed by atoms with Crippen LogP contribution in [0.4, 0.5) is 5.13 Å². The third-order valence-corrected chi connectivity index (χ3v) is 3.11. The van der Waals surface area contributed by atoms with E-state index < -0.39 is 0 Å². The number of aromatic nitrogens is 1. The highest BCUT2D eigenvalue weighted by Gasteiger charge is 2.01. The molecule has 0 spiro atoms. The molecule has 1 heterocycles. The Morgan fingerprint density at radius 3 is 3.08 bits per heavy atom. The quantitative estimate of drug-likeness (QED) is 0.832. The Balaban J connectivity index is 2.67. The summed E-state index contributed by atoms with van der Waals surface area (Å²) in [6, 6.07) is 6.12. The van der Waals surface area contributed by atoms with E-state index in [1.807, 2.05) is 19.2 Å². The number of thiazole rings is 1. The van der Waals surface area contributed by atoms with E-state index >= 15 is 0 Å². The molecule has 0 saturated carbocycles. The maximum absolute atomic E-state index is 4.37. The van der Waals surface area contributed by atoms with E-state index in [2.05, 4.69) is 32.3 Å². The number of hydrogen-bond donors (Lipinski definition) is 1. The predicted octanol–water partition coefficient (Wildman–Crippen LogP) is 3.10. The summed E-state index contributed by atoms with van der Waals surface area (Å²) in [4.78, 5) is 4.37. The number of nitrogens with zero attached hydrogens (tertiary/aromatic N) is 1. The molecule has 0 fully saturated rings. The van der Waals surface area contributed by atoms with Crippen LogP contribution in [0.2, 0.25) is 0 Å². The lowest BCUT2D eigenvalue weighted by Crippen LogP contribution is -1.83. The zero-order chi connectivity index (χ0) is 8.55. The Morgan fingerprint density at radius 2 is 2.33 bits per heavy atom. The lowest BCUT2D eigenvalue weighted by atomic mass is 10.3. The van der Waals surface area contributed by atoms with Gasteiger partial charge in [-0.3, -0.25) is 0 Å². The number of nitrogens with one attached hydrogen (secondary N) is 1. The van der Waals surface area contributed by atoms with Gasteiger partial charge in [0.15, 0.2) is 5.13 Å². The van der Waals surface area contributed by atoms with Crippen LogP contribution in [0.1, 0.15) is 0 Å². The number of fused-ring (bicyclic) bond motifs is 1. The number of anilines is 1. The molecule has 0 unspecified atom stereocenters. The van der Waals surface area contributed by atoms with Crippen LogP contribution < -0.4 is 5.32 Å². The molecule has 0 aliphatic carbocycles. The molecule has 62 valence electrons. The number of hydrogen-bond acceptors (Lipinski definition) is 3. The van der Waals surface area contributed by atoms with E-state index in [1.54, 1.807) is 11.3 Å². The van der Waals surface area contributed by atoms with Gasteiger partial charge in [-0.1, -0.05) is 27.3 Å². The van der Waals surface area contributed by atoms with Gasteiger partial charge in [0.25, 0.3) is 0 Å². The molecule has 1 N–H and O–H groups in total. The van der Waals surface area contributed by atoms with Crippen molar-refractivity contribution in [3.8, 4) is 0 Å². The van der Waals surface area contributed by atoms with Gasteiger partial charge in [0, 0.05) is 11.5 Å². The first-order chi connectivity index (χ1) is 5.79. The highest BCUT2D eigenvalue weighted by atomic mass is 79.9. The maximum Gasteiger partial charge on any atom is 0.183 e. The molecule has 0 saturated heterocycles. The average molecular weight is 243 g/mol. The molecule has 1 aromatic carbocycles. The molecule has 12 heavy (non-hydrogen) atoms. The zero-order valence-electron chi connectivity index (χ0n) is 6.47. The van der Waals surface area contributed by atoms with E-state index in [0.717, 1.165) is 15.1 Å². The lowest BCUT2D eigenvalue weighted by Gasteiger charge is -1.87. The number of halogens is 1. The Morgan fingerprint density at radius 1 is 1.50 bits per heavy atom. The van der Waals surface area contributed by atoms with Crippen LogP contribution >= 0.6 is 27.3 Å². The Bertz CT molecular complexity index is 410. The van der Waals surface area contributed by atoms with Gasteiger partial charge in [0.05, 0.1) is 10.2 Å². The van der Waals surface area contributed by atoms with Gasteiger partial charge in [-0.05, 0) is 18.2 Å². The van der Waals surface area contributed by atoms with Gasteiger partial charge in [0.1, 0.15) is 0 Å². The van der Waals surface area contributed by atoms with Crippen LogP contribution in [-0.4, -0.2) is 12.0 Å². The predicted molar refractivity (Wildman–Crippen MR) is 56.9 cm³/mol. The van der Waals surface area contributed by atoms with Crippen molar-refractivity contribution in [3.05, 3.63) is 22.7 Å². The molecular weight excluding hydrogens is 236 g/mol. The number of rotatable bonds is 1. The van der Waals surface area contributed by atoms with Gasteiger partial charge in [0.2, 0.25) is 0 Å². The molecule has 0 bridgehead atoms. The summed E-state index contributed by atoms with van der Waals surface area (Å²) in [5.41, 5.74) is 1.04. The first-order valence-electron chi connectivity index (χ1n) is 3.53. The summed E-state index contributed by atoms with van der Waals surface area (Å²) >= 11 is 5.07. The molecule has 0 aliphatic rings. The highest BCUT2D eigenvalue weighted by Crippen LogP contribution is 2.27. The standard InChI is InChI=1S/C8H7BrN2S/c1-10-8-11-6-4-5(9)2-3-7(6)12-8/h2-4H,1H3,(H,10,11).